The number of halogens is 3. The van der Waals surface area contributed by atoms with Crippen molar-refractivity contribution in [1.29, 1.82) is 0 Å². The Morgan fingerprint density at radius 2 is 1.65 bits per heavy atom. The molecule has 0 N–H and O–H groups in total. The molecule has 2 aliphatic heterocycles. The monoisotopic (exact) mass is 499 g/mol. The van der Waals surface area contributed by atoms with Gasteiger partial charge in [0.2, 0.25) is 0 Å². The van der Waals surface area contributed by atoms with Crippen LogP contribution in [0.15, 0.2) is 41.2 Å². The Morgan fingerprint density at radius 3 is 2.21 bits per heavy atom. The number of sulfonamides is 1. The van der Waals surface area contributed by atoms with Crippen molar-refractivity contribution in [3.05, 3.63) is 63.6 Å². The predicted octanol–water partition coefficient (Wildman–Crippen LogP) is 3.32. The van der Waals surface area contributed by atoms with Gasteiger partial charge < -0.3 is 9.30 Å². The summed E-state index contributed by atoms with van der Waals surface area (Å²) in [5, 5.41) is 0. The molecule has 3 heterocycles. The number of piperidine rings is 1. The van der Waals surface area contributed by atoms with Crippen molar-refractivity contribution < 1.29 is 26.3 Å². The largest absolute Gasteiger partial charge is 0.511 e. The van der Waals surface area contributed by atoms with Crippen LogP contribution >= 0.6 is 0 Å². The van der Waals surface area contributed by atoms with Gasteiger partial charge in [-0.1, -0.05) is 24.3 Å². The Kier molecular flexibility index (Phi) is 7.07. The van der Waals surface area contributed by atoms with Crippen LogP contribution in [0.25, 0.3) is 0 Å². The predicted molar refractivity (Wildman–Crippen MR) is 121 cm³/mol. The molecule has 0 saturated carbocycles. The minimum absolute atomic E-state index is 0.128. The maximum Gasteiger partial charge on any atom is 0.511 e. The van der Waals surface area contributed by atoms with E-state index >= 15 is 0 Å². The lowest BCUT2D eigenvalue weighted by Gasteiger charge is -2.31. The SMILES string of the molecule is CCn1c(CN2Cc3ccccc3C2)ccc(OCC2CCN(S(=O)(=O)C(F)(F)F)CC2)c1=O. The average molecular weight is 500 g/mol. The van der Waals surface area contributed by atoms with Gasteiger partial charge in [0.05, 0.1) is 6.61 Å². The summed E-state index contributed by atoms with van der Waals surface area (Å²) in [5.41, 5.74) is -2.06. The molecule has 0 atom stereocenters. The highest BCUT2D eigenvalue weighted by Crippen LogP contribution is 2.30. The van der Waals surface area contributed by atoms with Crippen molar-refractivity contribution in [2.45, 2.75) is 51.5 Å². The summed E-state index contributed by atoms with van der Waals surface area (Å²) < 4.78 is 69.2. The van der Waals surface area contributed by atoms with E-state index < -0.39 is 15.5 Å². The first-order chi connectivity index (χ1) is 16.1. The van der Waals surface area contributed by atoms with Crippen LogP contribution in [-0.2, 0) is 36.2 Å². The normalized spacial score (nSPS) is 18.2. The fraction of sp³-hybridized carbons (Fsp3) is 0.522. The summed E-state index contributed by atoms with van der Waals surface area (Å²) >= 11 is 0. The van der Waals surface area contributed by atoms with Gasteiger partial charge in [-0.2, -0.15) is 17.5 Å². The van der Waals surface area contributed by atoms with Crippen LogP contribution in [0.2, 0.25) is 0 Å². The van der Waals surface area contributed by atoms with E-state index in [0.717, 1.165) is 18.8 Å². The molecule has 0 bridgehead atoms. The molecular formula is C23H28F3N3O4S. The molecule has 1 aromatic carbocycles. The third kappa shape index (κ3) is 5.01. The standard InChI is InChI=1S/C23H28F3N3O4S/c1-2-29-20(15-27-13-18-5-3-4-6-19(18)14-27)7-8-21(22(29)30)33-16-17-9-11-28(12-10-17)34(31,32)23(24,25)26/h3-8,17H,2,9-16H2,1H3. The number of rotatable bonds is 7. The van der Waals surface area contributed by atoms with Gasteiger partial charge >= 0.3 is 15.5 Å². The van der Waals surface area contributed by atoms with Gasteiger partial charge in [0, 0.05) is 45.0 Å². The van der Waals surface area contributed by atoms with Gasteiger partial charge in [-0.3, -0.25) is 9.69 Å². The first-order valence-electron chi connectivity index (χ1n) is 11.3. The topological polar surface area (TPSA) is 71.8 Å². The summed E-state index contributed by atoms with van der Waals surface area (Å²) in [6.45, 7) is 4.39. The van der Waals surface area contributed by atoms with Gasteiger partial charge in [-0.15, -0.1) is 0 Å². The second-order valence-corrected chi connectivity index (χ2v) is 10.7. The van der Waals surface area contributed by atoms with Crippen LogP contribution in [0.5, 0.6) is 5.75 Å². The molecule has 1 aromatic heterocycles. The van der Waals surface area contributed by atoms with Crippen molar-refractivity contribution in [2.24, 2.45) is 5.92 Å². The van der Waals surface area contributed by atoms with Crippen molar-refractivity contribution >= 4 is 10.0 Å². The van der Waals surface area contributed by atoms with E-state index in [1.165, 1.54) is 11.1 Å². The Bertz CT molecular complexity index is 1160. The number of pyridine rings is 1. The quantitative estimate of drug-likeness (QED) is 0.585. The third-order valence-electron chi connectivity index (χ3n) is 6.52. The van der Waals surface area contributed by atoms with E-state index in [4.69, 9.17) is 4.74 Å². The number of benzene rings is 1. The molecule has 1 saturated heterocycles. The van der Waals surface area contributed by atoms with Gasteiger partial charge in [-0.05, 0) is 48.9 Å². The summed E-state index contributed by atoms with van der Waals surface area (Å²) in [6, 6.07) is 11.8. The number of fused-ring (bicyclic) bond motifs is 1. The fourth-order valence-corrected chi connectivity index (χ4v) is 5.59. The summed E-state index contributed by atoms with van der Waals surface area (Å²) in [6.07, 6.45) is 0.482. The van der Waals surface area contributed by atoms with E-state index in [-0.39, 0.29) is 49.8 Å². The zero-order valence-corrected chi connectivity index (χ0v) is 19.7. The number of aromatic nitrogens is 1. The molecule has 0 aliphatic carbocycles. The van der Waals surface area contributed by atoms with Crippen LogP contribution in [0.1, 0.15) is 36.6 Å². The van der Waals surface area contributed by atoms with Crippen LogP contribution < -0.4 is 10.3 Å². The van der Waals surface area contributed by atoms with Crippen LogP contribution in [0.4, 0.5) is 13.2 Å². The molecule has 2 aliphatic rings. The third-order valence-corrected chi connectivity index (χ3v) is 8.15. The zero-order chi connectivity index (χ0) is 24.5. The number of nitrogens with zero attached hydrogens (tertiary/aromatic N) is 3. The Balaban J connectivity index is 1.35. The molecular weight excluding hydrogens is 471 g/mol. The molecule has 186 valence electrons. The van der Waals surface area contributed by atoms with Gasteiger partial charge in [0.25, 0.3) is 5.56 Å². The fourth-order valence-electron chi connectivity index (χ4n) is 4.61. The molecule has 11 heteroatoms. The number of alkyl halides is 3. The molecule has 4 rings (SSSR count). The van der Waals surface area contributed by atoms with Crippen LogP contribution in [-0.4, -0.2) is 47.4 Å². The zero-order valence-electron chi connectivity index (χ0n) is 18.9. The minimum atomic E-state index is -5.30. The Labute approximate surface area is 196 Å². The summed E-state index contributed by atoms with van der Waals surface area (Å²) in [4.78, 5) is 15.3. The molecule has 0 unspecified atom stereocenters. The Hall–Kier alpha value is -2.37. The highest BCUT2D eigenvalue weighted by atomic mass is 32.2. The van der Waals surface area contributed by atoms with Crippen molar-refractivity contribution in [1.82, 2.24) is 13.8 Å². The Morgan fingerprint density at radius 1 is 1.03 bits per heavy atom. The van der Waals surface area contributed by atoms with E-state index in [2.05, 4.69) is 17.0 Å². The van der Waals surface area contributed by atoms with Crippen molar-refractivity contribution in [2.75, 3.05) is 19.7 Å². The summed E-state index contributed by atoms with van der Waals surface area (Å²) in [7, 11) is -5.30. The molecule has 0 radical (unpaired) electrons. The van der Waals surface area contributed by atoms with Crippen LogP contribution in [0, 0.1) is 5.92 Å². The van der Waals surface area contributed by atoms with Crippen molar-refractivity contribution in [3.8, 4) is 5.75 Å². The maximum atomic E-state index is 13.0. The highest BCUT2D eigenvalue weighted by Gasteiger charge is 2.50. The smallest absolute Gasteiger partial charge is 0.488 e. The average Bonchev–Trinajstić information content (AvgIpc) is 3.21. The van der Waals surface area contributed by atoms with Gasteiger partial charge in [0.15, 0.2) is 5.75 Å². The van der Waals surface area contributed by atoms with E-state index in [1.54, 1.807) is 10.6 Å². The van der Waals surface area contributed by atoms with E-state index in [0.29, 0.717) is 17.4 Å². The van der Waals surface area contributed by atoms with Crippen LogP contribution in [0.3, 0.4) is 0 Å². The molecule has 0 amide bonds. The lowest BCUT2D eigenvalue weighted by molar-refractivity contribution is -0.0498. The lowest BCUT2D eigenvalue weighted by atomic mass is 9.99. The van der Waals surface area contributed by atoms with Gasteiger partial charge in [0.1, 0.15) is 0 Å². The molecule has 7 nitrogen and oxygen atoms in total. The minimum Gasteiger partial charge on any atom is -0.488 e. The molecule has 1 fully saturated rings. The summed E-state index contributed by atoms with van der Waals surface area (Å²) in [5.74, 6) is 0.0672. The second kappa shape index (κ2) is 9.71. The van der Waals surface area contributed by atoms with Gasteiger partial charge in [-0.25, -0.2) is 8.42 Å². The lowest BCUT2D eigenvalue weighted by Crippen LogP contribution is -2.45. The molecule has 2 aromatic rings. The first kappa shape index (κ1) is 24.7. The molecule has 0 spiro atoms. The molecule has 34 heavy (non-hydrogen) atoms. The highest BCUT2D eigenvalue weighted by molar-refractivity contribution is 7.90. The number of hydrogen-bond donors (Lipinski definition) is 0. The first-order valence-corrected chi connectivity index (χ1v) is 12.7. The maximum absolute atomic E-state index is 13.0. The van der Waals surface area contributed by atoms with Crippen molar-refractivity contribution in [3.63, 3.8) is 0 Å². The second-order valence-electron chi connectivity index (χ2n) is 8.76. The van der Waals surface area contributed by atoms with E-state index in [1.807, 2.05) is 25.1 Å². The number of ether oxygens (including phenoxy) is 1. The van der Waals surface area contributed by atoms with E-state index in [9.17, 15) is 26.4 Å². The number of hydrogen-bond acceptors (Lipinski definition) is 5.